The van der Waals surface area contributed by atoms with Crippen molar-refractivity contribution in [3.63, 3.8) is 0 Å². The monoisotopic (exact) mass is 221 g/mol. The maximum absolute atomic E-state index is 11.1. The first kappa shape index (κ1) is 11.9. The first-order chi connectivity index (χ1) is 7.61. The maximum atomic E-state index is 11.1. The van der Waals surface area contributed by atoms with Crippen molar-refractivity contribution < 1.29 is 24.2 Å². The Hall–Kier alpha value is -2.17. The Morgan fingerprint density at radius 3 is 2.31 bits per heavy atom. The van der Waals surface area contributed by atoms with Gasteiger partial charge in [0.1, 0.15) is 12.0 Å². The van der Waals surface area contributed by atoms with E-state index in [9.17, 15) is 19.5 Å². The third-order valence-electron chi connectivity index (χ3n) is 1.78. The van der Waals surface area contributed by atoms with Gasteiger partial charge in [-0.25, -0.2) is 0 Å². The van der Waals surface area contributed by atoms with Crippen molar-refractivity contribution in [2.75, 3.05) is 0 Å². The molecular weight excluding hydrogens is 212 g/mol. The molecule has 0 heterocycles. The van der Waals surface area contributed by atoms with E-state index in [0.29, 0.717) is 11.8 Å². The minimum Gasteiger partial charge on any atom is -0.550 e. The number of ether oxygens (including phenoxy) is 1. The van der Waals surface area contributed by atoms with E-state index in [4.69, 9.17) is 4.74 Å². The Morgan fingerprint density at radius 2 is 1.81 bits per heavy atom. The van der Waals surface area contributed by atoms with Crippen LogP contribution in [-0.4, -0.2) is 18.2 Å². The molecule has 1 aromatic rings. The Morgan fingerprint density at radius 1 is 1.19 bits per heavy atom. The Kier molecular flexibility index (Phi) is 4.20. The Bertz CT molecular complexity index is 393. The summed E-state index contributed by atoms with van der Waals surface area (Å²) < 4.78 is 4.82. The average molecular weight is 221 g/mol. The second-order valence-corrected chi connectivity index (χ2v) is 3.03. The van der Waals surface area contributed by atoms with E-state index >= 15 is 0 Å². The molecule has 1 aromatic carbocycles. The van der Waals surface area contributed by atoms with Crippen molar-refractivity contribution in [2.24, 2.45) is 0 Å². The smallest absolute Gasteiger partial charge is 0.311 e. The van der Waals surface area contributed by atoms with Crippen LogP contribution < -0.4 is 9.84 Å². The van der Waals surface area contributed by atoms with Crippen LogP contribution in [0.5, 0.6) is 5.75 Å². The van der Waals surface area contributed by atoms with Crippen molar-refractivity contribution in [1.82, 2.24) is 0 Å². The number of hydrogen-bond acceptors (Lipinski definition) is 5. The van der Waals surface area contributed by atoms with Gasteiger partial charge in [0.05, 0.1) is 6.42 Å². The quantitative estimate of drug-likeness (QED) is 0.395. The van der Waals surface area contributed by atoms with Crippen LogP contribution in [0.2, 0.25) is 0 Å². The Balaban J connectivity index is 2.49. The molecule has 16 heavy (non-hydrogen) atoms. The number of carbonyl (C=O) groups is 3. The highest BCUT2D eigenvalue weighted by atomic mass is 16.5. The third-order valence-corrected chi connectivity index (χ3v) is 1.78. The Labute approximate surface area is 91.6 Å². The predicted molar refractivity (Wildman–Crippen MR) is 51.7 cm³/mol. The molecule has 0 bridgehead atoms. The number of hydrogen-bond donors (Lipinski definition) is 0. The largest absolute Gasteiger partial charge is 0.550 e. The van der Waals surface area contributed by atoms with Crippen LogP contribution in [0.1, 0.15) is 23.2 Å². The zero-order valence-corrected chi connectivity index (χ0v) is 8.34. The molecule has 0 aliphatic heterocycles. The van der Waals surface area contributed by atoms with Gasteiger partial charge in [-0.05, 0) is 30.7 Å². The molecule has 0 saturated carbocycles. The molecule has 0 amide bonds. The summed E-state index contributed by atoms with van der Waals surface area (Å²) in [5, 5.41) is 10.1. The van der Waals surface area contributed by atoms with Crippen LogP contribution in [0, 0.1) is 0 Å². The SMILES string of the molecule is O=Cc1ccc(OC(=O)CCC(=O)[O-])cc1. The molecule has 1 rings (SSSR count). The lowest BCUT2D eigenvalue weighted by Gasteiger charge is -2.04. The van der Waals surface area contributed by atoms with Gasteiger partial charge in [0, 0.05) is 11.5 Å². The second kappa shape index (κ2) is 5.65. The average Bonchev–Trinajstić information content (AvgIpc) is 2.27. The minimum absolute atomic E-state index is 0.238. The molecule has 5 nitrogen and oxygen atoms in total. The van der Waals surface area contributed by atoms with E-state index in [0.717, 1.165) is 0 Å². The molecule has 0 aliphatic carbocycles. The number of rotatable bonds is 5. The molecule has 0 N–H and O–H groups in total. The van der Waals surface area contributed by atoms with Gasteiger partial charge in [-0.2, -0.15) is 0 Å². The minimum atomic E-state index is -1.30. The van der Waals surface area contributed by atoms with Gasteiger partial charge in [0.2, 0.25) is 0 Å². The number of benzene rings is 1. The highest BCUT2D eigenvalue weighted by Crippen LogP contribution is 2.12. The van der Waals surface area contributed by atoms with Crippen LogP contribution in [0.25, 0.3) is 0 Å². The van der Waals surface area contributed by atoms with Crippen LogP contribution in [-0.2, 0) is 9.59 Å². The van der Waals surface area contributed by atoms with E-state index in [1.165, 1.54) is 24.3 Å². The van der Waals surface area contributed by atoms with Crippen molar-refractivity contribution in [1.29, 1.82) is 0 Å². The number of aldehydes is 1. The fourth-order valence-electron chi connectivity index (χ4n) is 1.00. The summed E-state index contributed by atoms with van der Waals surface area (Å²) in [7, 11) is 0. The first-order valence-corrected chi connectivity index (χ1v) is 4.57. The molecule has 0 unspecified atom stereocenters. The van der Waals surface area contributed by atoms with E-state index in [1.807, 2.05) is 0 Å². The summed E-state index contributed by atoms with van der Waals surface area (Å²) in [5.74, 6) is -1.68. The molecule has 0 aliphatic rings. The highest BCUT2D eigenvalue weighted by Gasteiger charge is 2.04. The summed E-state index contributed by atoms with van der Waals surface area (Å²) in [4.78, 5) is 31.5. The number of carboxylic acids is 1. The maximum Gasteiger partial charge on any atom is 0.311 e. The number of aliphatic carboxylic acids is 1. The standard InChI is InChI=1S/C11H10O5/c12-7-8-1-3-9(4-2-8)16-11(15)6-5-10(13)14/h1-4,7H,5-6H2,(H,13,14)/p-1. The lowest BCUT2D eigenvalue weighted by molar-refractivity contribution is -0.305. The molecule has 0 fully saturated rings. The summed E-state index contributed by atoms with van der Waals surface area (Å²) in [6.07, 6.45) is 0.0602. The van der Waals surface area contributed by atoms with Crippen molar-refractivity contribution in [3.05, 3.63) is 29.8 Å². The highest BCUT2D eigenvalue weighted by molar-refractivity contribution is 5.78. The molecule has 0 aromatic heterocycles. The molecular formula is C11H9O5-. The third kappa shape index (κ3) is 3.91. The van der Waals surface area contributed by atoms with Gasteiger partial charge in [-0.1, -0.05) is 0 Å². The van der Waals surface area contributed by atoms with E-state index in [2.05, 4.69) is 0 Å². The van der Waals surface area contributed by atoms with Crippen molar-refractivity contribution >= 4 is 18.2 Å². The zero-order valence-electron chi connectivity index (χ0n) is 8.34. The second-order valence-electron chi connectivity index (χ2n) is 3.03. The van der Waals surface area contributed by atoms with Gasteiger partial charge in [0.25, 0.3) is 0 Å². The fourth-order valence-corrected chi connectivity index (χ4v) is 1.00. The number of esters is 1. The zero-order chi connectivity index (χ0) is 12.0. The van der Waals surface area contributed by atoms with Gasteiger partial charge in [-0.15, -0.1) is 0 Å². The summed E-state index contributed by atoms with van der Waals surface area (Å²) in [6, 6.07) is 5.91. The first-order valence-electron chi connectivity index (χ1n) is 4.57. The van der Waals surface area contributed by atoms with Crippen LogP contribution >= 0.6 is 0 Å². The van der Waals surface area contributed by atoms with Gasteiger partial charge < -0.3 is 14.6 Å². The van der Waals surface area contributed by atoms with E-state index < -0.39 is 11.9 Å². The summed E-state index contributed by atoms with van der Waals surface area (Å²) in [5.41, 5.74) is 0.467. The number of carbonyl (C=O) groups excluding carboxylic acids is 3. The molecule has 0 saturated heterocycles. The lowest BCUT2D eigenvalue weighted by Crippen LogP contribution is -2.23. The molecule has 84 valence electrons. The topological polar surface area (TPSA) is 83.5 Å². The van der Waals surface area contributed by atoms with Gasteiger partial charge in [-0.3, -0.25) is 9.59 Å². The van der Waals surface area contributed by atoms with Crippen LogP contribution in [0.3, 0.4) is 0 Å². The summed E-state index contributed by atoms with van der Waals surface area (Å²) >= 11 is 0. The summed E-state index contributed by atoms with van der Waals surface area (Å²) in [6.45, 7) is 0. The normalized spacial score (nSPS) is 9.50. The van der Waals surface area contributed by atoms with Crippen LogP contribution in [0.15, 0.2) is 24.3 Å². The molecule has 0 spiro atoms. The molecule has 5 heteroatoms. The molecule has 0 radical (unpaired) electrons. The van der Waals surface area contributed by atoms with E-state index in [1.54, 1.807) is 0 Å². The molecule has 0 atom stereocenters. The van der Waals surface area contributed by atoms with E-state index in [-0.39, 0.29) is 18.6 Å². The van der Waals surface area contributed by atoms with Gasteiger partial charge >= 0.3 is 5.97 Å². The number of carboxylic acid groups (broad SMARTS) is 1. The lowest BCUT2D eigenvalue weighted by atomic mass is 10.2. The van der Waals surface area contributed by atoms with Crippen molar-refractivity contribution in [2.45, 2.75) is 12.8 Å². The predicted octanol–water partition coefficient (Wildman–Crippen LogP) is -0.0654. The van der Waals surface area contributed by atoms with Crippen LogP contribution in [0.4, 0.5) is 0 Å². The van der Waals surface area contributed by atoms with Gasteiger partial charge in [0.15, 0.2) is 0 Å². The fraction of sp³-hybridized carbons (Fsp3) is 0.182. The van der Waals surface area contributed by atoms with Crippen molar-refractivity contribution in [3.8, 4) is 5.75 Å².